The highest BCUT2D eigenvalue weighted by molar-refractivity contribution is 7.91. The number of hydrogen-bond acceptors (Lipinski definition) is 7. The molecule has 0 radical (unpaired) electrons. The number of esters is 1. The van der Waals surface area contributed by atoms with Crippen molar-refractivity contribution >= 4 is 21.7 Å². The summed E-state index contributed by atoms with van der Waals surface area (Å²) in [6.45, 7) is 2.97. The Kier molecular flexibility index (Phi) is 7.13. The second-order valence-electron chi connectivity index (χ2n) is 7.28. The Morgan fingerprint density at radius 2 is 1.97 bits per heavy atom. The van der Waals surface area contributed by atoms with Gasteiger partial charge in [0.05, 0.1) is 23.2 Å². The molecule has 0 unspecified atom stereocenters. The van der Waals surface area contributed by atoms with E-state index in [0.717, 1.165) is 19.4 Å². The molecule has 0 saturated carbocycles. The lowest BCUT2D eigenvalue weighted by Gasteiger charge is -2.26. The van der Waals surface area contributed by atoms with Gasteiger partial charge >= 0.3 is 5.97 Å². The molecule has 2 heterocycles. The monoisotopic (exact) mass is 425 g/mol. The third-order valence-corrected chi connectivity index (χ3v) is 6.94. The molecule has 2 aliphatic rings. The van der Waals surface area contributed by atoms with E-state index in [-0.39, 0.29) is 29.6 Å². The van der Waals surface area contributed by atoms with E-state index >= 15 is 0 Å². The summed E-state index contributed by atoms with van der Waals surface area (Å²) in [6.07, 6.45) is 2.56. The van der Waals surface area contributed by atoms with Crippen molar-refractivity contribution in [3.63, 3.8) is 0 Å². The van der Waals surface area contributed by atoms with Gasteiger partial charge in [-0.05, 0) is 50.5 Å². The minimum absolute atomic E-state index is 0.0338. The topological polar surface area (TPSA) is 99.2 Å². The number of carbonyl (C=O) groups excluding carboxylic acids is 2. The van der Waals surface area contributed by atoms with Gasteiger partial charge < -0.3 is 19.1 Å². The Labute approximate surface area is 171 Å². The Morgan fingerprint density at radius 1 is 1.21 bits per heavy atom. The fourth-order valence-electron chi connectivity index (χ4n) is 3.61. The Balaban J connectivity index is 1.47. The Bertz CT molecular complexity index is 816. The molecule has 2 atom stereocenters. The van der Waals surface area contributed by atoms with Gasteiger partial charge in [-0.25, -0.2) is 13.2 Å². The lowest BCUT2D eigenvalue weighted by Crippen LogP contribution is -2.43. The number of nitrogens with zero attached hydrogens (tertiary/aromatic N) is 1. The van der Waals surface area contributed by atoms with Crippen LogP contribution in [-0.4, -0.2) is 75.2 Å². The van der Waals surface area contributed by atoms with Crippen LogP contribution >= 0.6 is 0 Å². The summed E-state index contributed by atoms with van der Waals surface area (Å²) in [5.41, 5.74) is 0.314. The van der Waals surface area contributed by atoms with Gasteiger partial charge in [-0.3, -0.25) is 4.79 Å². The van der Waals surface area contributed by atoms with Crippen LogP contribution in [0.3, 0.4) is 0 Å². The first kappa shape index (κ1) is 21.6. The molecular weight excluding hydrogens is 398 g/mol. The molecule has 0 aliphatic carbocycles. The smallest absolute Gasteiger partial charge is 0.338 e. The average Bonchev–Trinajstić information content (AvgIpc) is 3.35. The van der Waals surface area contributed by atoms with Gasteiger partial charge in [0.15, 0.2) is 16.4 Å². The summed E-state index contributed by atoms with van der Waals surface area (Å²) in [7, 11) is -3.09. The molecule has 2 saturated heterocycles. The van der Waals surface area contributed by atoms with Crippen molar-refractivity contribution in [3.05, 3.63) is 29.8 Å². The summed E-state index contributed by atoms with van der Waals surface area (Å²) >= 11 is 0. The second kappa shape index (κ2) is 9.58. The van der Waals surface area contributed by atoms with Crippen LogP contribution in [0.2, 0.25) is 0 Å². The summed E-state index contributed by atoms with van der Waals surface area (Å²) in [5.74, 6) is -0.317. The normalized spacial score (nSPS) is 22.9. The predicted octanol–water partition coefficient (Wildman–Crippen LogP) is 1.44. The predicted molar refractivity (Wildman–Crippen MR) is 106 cm³/mol. The van der Waals surface area contributed by atoms with Gasteiger partial charge in [-0.2, -0.15) is 0 Å². The average molecular weight is 426 g/mol. The van der Waals surface area contributed by atoms with Crippen molar-refractivity contribution in [1.82, 2.24) is 4.90 Å². The van der Waals surface area contributed by atoms with Crippen LogP contribution in [0, 0.1) is 0 Å². The molecule has 0 N–H and O–H groups in total. The fourth-order valence-corrected chi connectivity index (χ4v) is 5.34. The highest BCUT2D eigenvalue weighted by Gasteiger charge is 2.34. The first-order chi connectivity index (χ1) is 13.9. The van der Waals surface area contributed by atoms with Gasteiger partial charge in [-0.15, -0.1) is 0 Å². The highest BCUT2D eigenvalue weighted by Crippen LogP contribution is 2.19. The van der Waals surface area contributed by atoms with E-state index in [1.807, 2.05) is 0 Å². The second-order valence-corrected chi connectivity index (χ2v) is 9.51. The maximum atomic E-state index is 12.4. The van der Waals surface area contributed by atoms with Crippen molar-refractivity contribution in [2.45, 2.75) is 38.3 Å². The van der Waals surface area contributed by atoms with Crippen molar-refractivity contribution < 1.29 is 32.2 Å². The van der Waals surface area contributed by atoms with Crippen molar-refractivity contribution in [3.8, 4) is 5.75 Å². The standard InChI is InChI=1S/C20H27NO7S/c1-2-21(16-9-11-29(24,25)14-16)19(22)13-28-20(23)15-5-7-17(8-6-15)27-12-18-4-3-10-26-18/h5-8,16,18H,2-4,9-14H2,1H3/t16-,18+/m0/s1. The van der Waals surface area contributed by atoms with E-state index in [9.17, 15) is 18.0 Å². The highest BCUT2D eigenvalue weighted by atomic mass is 32.2. The molecule has 1 aromatic rings. The molecule has 0 bridgehead atoms. The van der Waals surface area contributed by atoms with Crippen LogP contribution in [0.15, 0.2) is 24.3 Å². The lowest BCUT2D eigenvalue weighted by atomic mass is 10.2. The van der Waals surface area contributed by atoms with E-state index in [4.69, 9.17) is 14.2 Å². The van der Waals surface area contributed by atoms with Crippen molar-refractivity contribution in [1.29, 1.82) is 0 Å². The molecule has 0 spiro atoms. The van der Waals surface area contributed by atoms with Gasteiger partial charge in [0.2, 0.25) is 0 Å². The zero-order valence-electron chi connectivity index (χ0n) is 16.5. The zero-order chi connectivity index (χ0) is 20.9. The molecular formula is C20H27NO7S. The van der Waals surface area contributed by atoms with Crippen LogP contribution in [0.5, 0.6) is 5.75 Å². The minimum atomic E-state index is -3.09. The molecule has 9 heteroatoms. The van der Waals surface area contributed by atoms with Gasteiger partial charge in [0.1, 0.15) is 12.4 Å². The van der Waals surface area contributed by atoms with E-state index in [1.165, 1.54) is 4.90 Å². The third-order valence-electron chi connectivity index (χ3n) is 5.19. The van der Waals surface area contributed by atoms with Gasteiger partial charge in [-0.1, -0.05) is 0 Å². The third kappa shape index (κ3) is 5.93. The van der Waals surface area contributed by atoms with Crippen LogP contribution in [0.1, 0.15) is 36.5 Å². The molecule has 3 rings (SSSR count). The first-order valence-electron chi connectivity index (χ1n) is 9.89. The fraction of sp³-hybridized carbons (Fsp3) is 0.600. The molecule has 160 valence electrons. The summed E-state index contributed by atoms with van der Waals surface area (Å²) in [5, 5.41) is 0. The van der Waals surface area contributed by atoms with E-state index in [0.29, 0.717) is 30.9 Å². The number of benzene rings is 1. The number of hydrogen-bond donors (Lipinski definition) is 0. The number of ether oxygens (including phenoxy) is 3. The number of amides is 1. The minimum Gasteiger partial charge on any atom is -0.491 e. The van der Waals surface area contributed by atoms with E-state index in [1.54, 1.807) is 31.2 Å². The zero-order valence-corrected chi connectivity index (χ0v) is 17.4. The molecule has 8 nitrogen and oxygen atoms in total. The largest absolute Gasteiger partial charge is 0.491 e. The van der Waals surface area contributed by atoms with Crippen LogP contribution in [-0.2, 0) is 24.1 Å². The quantitative estimate of drug-likeness (QED) is 0.581. The summed E-state index contributed by atoms with van der Waals surface area (Å²) < 4.78 is 39.6. The molecule has 2 fully saturated rings. The number of carbonyl (C=O) groups is 2. The molecule has 1 amide bonds. The number of sulfone groups is 1. The number of rotatable bonds is 8. The lowest BCUT2D eigenvalue weighted by molar-refractivity contribution is -0.136. The molecule has 29 heavy (non-hydrogen) atoms. The SMILES string of the molecule is CCN(C(=O)COC(=O)c1ccc(OC[C@H]2CCCO2)cc1)[C@H]1CCS(=O)(=O)C1. The molecule has 1 aromatic carbocycles. The summed E-state index contributed by atoms with van der Waals surface area (Å²) in [6, 6.07) is 6.17. The van der Waals surface area contributed by atoms with Crippen LogP contribution in [0.4, 0.5) is 0 Å². The van der Waals surface area contributed by atoms with Gasteiger partial charge in [0.25, 0.3) is 5.91 Å². The maximum Gasteiger partial charge on any atom is 0.338 e. The molecule has 0 aromatic heterocycles. The first-order valence-corrected chi connectivity index (χ1v) is 11.7. The molecule has 2 aliphatic heterocycles. The summed E-state index contributed by atoms with van der Waals surface area (Å²) in [4.78, 5) is 26.1. The van der Waals surface area contributed by atoms with Crippen LogP contribution < -0.4 is 4.74 Å². The van der Waals surface area contributed by atoms with Crippen LogP contribution in [0.25, 0.3) is 0 Å². The number of likely N-dealkylation sites (N-methyl/N-ethyl adjacent to an activating group) is 1. The van der Waals surface area contributed by atoms with E-state index < -0.39 is 22.4 Å². The van der Waals surface area contributed by atoms with E-state index in [2.05, 4.69) is 0 Å². The van der Waals surface area contributed by atoms with Crippen molar-refractivity contribution in [2.75, 3.05) is 37.9 Å². The van der Waals surface area contributed by atoms with Gasteiger partial charge in [0, 0.05) is 19.2 Å². The van der Waals surface area contributed by atoms with Crippen molar-refractivity contribution in [2.24, 2.45) is 0 Å². The maximum absolute atomic E-state index is 12.4. The Hall–Kier alpha value is -2.13. The Morgan fingerprint density at radius 3 is 2.55 bits per heavy atom.